The fourth-order valence-corrected chi connectivity index (χ4v) is 3.71. The lowest BCUT2D eigenvalue weighted by molar-refractivity contribution is -0.120. The first-order valence-electron chi connectivity index (χ1n) is 8.44. The molecular formula is C19H24N2OS. The predicted octanol–water partition coefficient (Wildman–Crippen LogP) is 3.64. The predicted molar refractivity (Wildman–Crippen MR) is 97.2 cm³/mol. The first-order valence-corrected chi connectivity index (χ1v) is 9.32. The summed E-state index contributed by atoms with van der Waals surface area (Å²) in [5.74, 6) is 0.109. The van der Waals surface area contributed by atoms with Crippen LogP contribution in [0.3, 0.4) is 0 Å². The van der Waals surface area contributed by atoms with Crippen molar-refractivity contribution in [2.45, 2.75) is 32.1 Å². The number of thiophene rings is 1. The highest BCUT2D eigenvalue weighted by Gasteiger charge is 2.10. The van der Waals surface area contributed by atoms with Gasteiger partial charge in [0.15, 0.2) is 0 Å². The van der Waals surface area contributed by atoms with Crippen LogP contribution in [0.15, 0.2) is 41.8 Å². The Morgan fingerprint density at radius 2 is 1.87 bits per heavy atom. The van der Waals surface area contributed by atoms with Crippen molar-refractivity contribution in [3.05, 3.63) is 52.2 Å². The van der Waals surface area contributed by atoms with Gasteiger partial charge in [0, 0.05) is 30.2 Å². The molecule has 3 rings (SSSR count). The highest BCUT2D eigenvalue weighted by Crippen LogP contribution is 2.20. The van der Waals surface area contributed by atoms with Gasteiger partial charge < -0.3 is 10.2 Å². The van der Waals surface area contributed by atoms with Crippen LogP contribution in [0.25, 0.3) is 0 Å². The minimum absolute atomic E-state index is 0.109. The van der Waals surface area contributed by atoms with Gasteiger partial charge in [-0.1, -0.05) is 18.2 Å². The fraction of sp³-hybridized carbons (Fsp3) is 0.421. The molecule has 2 heterocycles. The number of carbonyl (C=O) groups is 1. The van der Waals surface area contributed by atoms with Crippen LogP contribution >= 0.6 is 11.3 Å². The van der Waals surface area contributed by atoms with E-state index in [2.05, 4.69) is 34.5 Å². The molecular weight excluding hydrogens is 304 g/mol. The number of benzene rings is 1. The lowest BCUT2D eigenvalue weighted by atomic mass is 10.1. The first kappa shape index (κ1) is 16.1. The van der Waals surface area contributed by atoms with Gasteiger partial charge in [0.25, 0.3) is 0 Å². The normalized spacial score (nSPS) is 14.7. The molecule has 0 atom stereocenters. The Labute approximate surface area is 142 Å². The summed E-state index contributed by atoms with van der Waals surface area (Å²) in [5.41, 5.74) is 2.61. The minimum atomic E-state index is 0.109. The number of hydrogen-bond acceptors (Lipinski definition) is 3. The summed E-state index contributed by atoms with van der Waals surface area (Å²) in [7, 11) is 0. The van der Waals surface area contributed by atoms with E-state index >= 15 is 0 Å². The highest BCUT2D eigenvalue weighted by molar-refractivity contribution is 7.10. The molecule has 3 nitrogen and oxygen atoms in total. The van der Waals surface area contributed by atoms with E-state index in [1.54, 1.807) is 11.3 Å². The van der Waals surface area contributed by atoms with E-state index < -0.39 is 0 Å². The molecule has 0 unspecified atom stereocenters. The highest BCUT2D eigenvalue weighted by atomic mass is 32.1. The molecule has 122 valence electrons. The third-order valence-electron chi connectivity index (χ3n) is 4.31. The molecule has 1 N–H and O–H groups in total. The number of nitrogens with one attached hydrogen (secondary N) is 1. The maximum Gasteiger partial charge on any atom is 0.225 e. The van der Waals surface area contributed by atoms with Gasteiger partial charge in [-0.25, -0.2) is 0 Å². The van der Waals surface area contributed by atoms with Crippen molar-refractivity contribution in [3.8, 4) is 0 Å². The topological polar surface area (TPSA) is 32.3 Å². The maximum atomic E-state index is 11.9. The molecule has 1 fully saturated rings. The molecule has 1 aliphatic heterocycles. The van der Waals surface area contributed by atoms with Crippen LogP contribution in [-0.2, 0) is 17.6 Å². The lowest BCUT2D eigenvalue weighted by Gasteiger charge is -2.28. The van der Waals surface area contributed by atoms with Gasteiger partial charge in [0.05, 0.1) is 6.42 Å². The summed E-state index contributed by atoms with van der Waals surface area (Å²) in [6, 6.07) is 12.8. The van der Waals surface area contributed by atoms with Crippen LogP contribution in [-0.4, -0.2) is 25.5 Å². The van der Waals surface area contributed by atoms with Crippen molar-refractivity contribution in [2.75, 3.05) is 24.5 Å². The second kappa shape index (κ2) is 8.16. The molecule has 1 aromatic carbocycles. The molecule has 0 saturated carbocycles. The van der Waals surface area contributed by atoms with Crippen LogP contribution < -0.4 is 10.2 Å². The SMILES string of the molecule is O=C(Cc1cccs1)NCCc1ccc(N2CCCCC2)cc1. The van der Waals surface area contributed by atoms with Gasteiger partial charge in [-0.15, -0.1) is 11.3 Å². The summed E-state index contributed by atoms with van der Waals surface area (Å²) in [4.78, 5) is 15.4. The molecule has 1 aliphatic rings. The largest absolute Gasteiger partial charge is 0.372 e. The van der Waals surface area contributed by atoms with E-state index in [4.69, 9.17) is 0 Å². The molecule has 0 aliphatic carbocycles. The van der Waals surface area contributed by atoms with E-state index in [1.165, 1.54) is 43.6 Å². The smallest absolute Gasteiger partial charge is 0.225 e. The van der Waals surface area contributed by atoms with Crippen molar-refractivity contribution in [2.24, 2.45) is 0 Å². The number of amides is 1. The molecule has 1 saturated heterocycles. The van der Waals surface area contributed by atoms with E-state index in [9.17, 15) is 4.79 Å². The van der Waals surface area contributed by atoms with Crippen molar-refractivity contribution in [1.82, 2.24) is 5.32 Å². The van der Waals surface area contributed by atoms with Gasteiger partial charge in [0.1, 0.15) is 0 Å². The van der Waals surface area contributed by atoms with Gasteiger partial charge in [-0.2, -0.15) is 0 Å². The average Bonchev–Trinajstić information content (AvgIpc) is 3.09. The zero-order valence-electron chi connectivity index (χ0n) is 13.5. The third kappa shape index (κ3) is 4.83. The van der Waals surface area contributed by atoms with Gasteiger partial charge in [-0.3, -0.25) is 4.79 Å². The third-order valence-corrected chi connectivity index (χ3v) is 5.18. The summed E-state index contributed by atoms with van der Waals surface area (Å²) < 4.78 is 0. The minimum Gasteiger partial charge on any atom is -0.372 e. The first-order chi connectivity index (χ1) is 11.3. The van der Waals surface area contributed by atoms with Crippen LogP contribution in [0.1, 0.15) is 29.7 Å². The summed E-state index contributed by atoms with van der Waals surface area (Å²) in [5, 5.41) is 5.01. The summed E-state index contributed by atoms with van der Waals surface area (Å²) in [6.45, 7) is 3.06. The van der Waals surface area contributed by atoms with E-state index in [1.807, 2.05) is 17.5 Å². The Morgan fingerprint density at radius 3 is 2.57 bits per heavy atom. The van der Waals surface area contributed by atoms with Crippen LogP contribution in [0.2, 0.25) is 0 Å². The molecule has 1 aromatic heterocycles. The second-order valence-corrected chi connectivity index (χ2v) is 7.10. The number of carbonyl (C=O) groups excluding carboxylic acids is 1. The number of rotatable bonds is 6. The molecule has 0 bridgehead atoms. The Morgan fingerprint density at radius 1 is 1.09 bits per heavy atom. The van der Waals surface area contributed by atoms with E-state index in [0.29, 0.717) is 13.0 Å². The summed E-state index contributed by atoms with van der Waals surface area (Å²) in [6.07, 6.45) is 5.35. The van der Waals surface area contributed by atoms with Gasteiger partial charge >= 0.3 is 0 Å². The van der Waals surface area contributed by atoms with Crippen LogP contribution in [0.5, 0.6) is 0 Å². The summed E-state index contributed by atoms with van der Waals surface area (Å²) >= 11 is 1.63. The van der Waals surface area contributed by atoms with Crippen molar-refractivity contribution in [3.63, 3.8) is 0 Å². The number of nitrogens with zero attached hydrogens (tertiary/aromatic N) is 1. The van der Waals surface area contributed by atoms with Crippen LogP contribution in [0.4, 0.5) is 5.69 Å². The zero-order valence-corrected chi connectivity index (χ0v) is 14.3. The monoisotopic (exact) mass is 328 g/mol. The standard InChI is InChI=1S/C19H24N2OS/c22-19(15-18-5-4-14-23-18)20-11-10-16-6-8-17(9-7-16)21-12-2-1-3-13-21/h4-9,14H,1-3,10-13,15H2,(H,20,22). The number of piperidine rings is 1. The van der Waals surface area contributed by atoms with Crippen molar-refractivity contribution < 1.29 is 4.79 Å². The van der Waals surface area contributed by atoms with Gasteiger partial charge in [-0.05, 0) is 54.8 Å². The molecule has 1 amide bonds. The van der Waals surface area contributed by atoms with Crippen molar-refractivity contribution in [1.29, 1.82) is 0 Å². The molecule has 23 heavy (non-hydrogen) atoms. The van der Waals surface area contributed by atoms with Crippen LogP contribution in [0, 0.1) is 0 Å². The Balaban J connectivity index is 1.42. The lowest BCUT2D eigenvalue weighted by Crippen LogP contribution is -2.29. The number of hydrogen-bond donors (Lipinski definition) is 1. The Kier molecular flexibility index (Phi) is 5.70. The quantitative estimate of drug-likeness (QED) is 0.878. The van der Waals surface area contributed by atoms with E-state index in [-0.39, 0.29) is 5.91 Å². The van der Waals surface area contributed by atoms with E-state index in [0.717, 1.165) is 11.3 Å². The fourth-order valence-electron chi connectivity index (χ4n) is 3.01. The Hall–Kier alpha value is -1.81. The second-order valence-electron chi connectivity index (χ2n) is 6.07. The molecule has 2 aromatic rings. The average molecular weight is 328 g/mol. The maximum absolute atomic E-state index is 11.9. The molecule has 0 spiro atoms. The zero-order chi connectivity index (χ0) is 15.9. The Bertz CT molecular complexity index is 601. The molecule has 0 radical (unpaired) electrons. The van der Waals surface area contributed by atoms with Gasteiger partial charge in [0.2, 0.25) is 5.91 Å². The van der Waals surface area contributed by atoms with Crippen molar-refractivity contribution >= 4 is 22.9 Å². The number of anilines is 1. The molecule has 4 heteroatoms.